The molecule has 0 saturated carbocycles. The van der Waals surface area contributed by atoms with Gasteiger partial charge in [0.25, 0.3) is 0 Å². The molecule has 0 atom stereocenters. The minimum atomic E-state index is 0.199. The molecule has 0 radical (unpaired) electrons. The quantitative estimate of drug-likeness (QED) is 0.427. The van der Waals surface area contributed by atoms with Gasteiger partial charge in [-0.25, -0.2) is 0 Å². The largest absolute Gasteiger partial charge is 0.396 e. The first kappa shape index (κ1) is 23.1. The summed E-state index contributed by atoms with van der Waals surface area (Å²) in [5.41, 5.74) is 5.12. The highest BCUT2D eigenvalue weighted by atomic mass is 16.5. The van der Waals surface area contributed by atoms with Crippen molar-refractivity contribution in [3.05, 3.63) is 0 Å². The second-order valence-corrected chi connectivity index (χ2v) is 4.99. The number of rotatable bonds is 14. The Labute approximate surface area is 130 Å². The average molecular weight is 307 g/mol. The van der Waals surface area contributed by atoms with Crippen LogP contribution in [0.2, 0.25) is 0 Å². The lowest BCUT2D eigenvalue weighted by Crippen LogP contribution is -2.09. The van der Waals surface area contributed by atoms with Gasteiger partial charge in [0, 0.05) is 39.6 Å². The number of hydrogen-bond donors (Lipinski definition) is 3. The number of unbranched alkanes of at least 4 members (excludes halogenated alkanes) is 1. The van der Waals surface area contributed by atoms with Crippen molar-refractivity contribution in [2.75, 3.05) is 46.2 Å². The summed E-state index contributed by atoms with van der Waals surface area (Å²) in [6, 6.07) is 0. The van der Waals surface area contributed by atoms with Crippen LogP contribution in [0, 0.1) is 5.92 Å². The van der Waals surface area contributed by atoms with E-state index in [9.17, 15) is 0 Å². The fraction of sp³-hybridized carbons (Fsp3) is 1.00. The van der Waals surface area contributed by atoms with Crippen molar-refractivity contribution in [3.8, 4) is 0 Å². The van der Waals surface area contributed by atoms with Crippen molar-refractivity contribution in [2.45, 2.75) is 52.4 Å². The summed E-state index contributed by atoms with van der Waals surface area (Å²) in [6.07, 6.45) is 6.27. The summed E-state index contributed by atoms with van der Waals surface area (Å²) in [7, 11) is 0. The smallest absolute Gasteiger partial charge is 0.0588 e. The van der Waals surface area contributed by atoms with Crippen LogP contribution in [0.4, 0.5) is 0 Å². The molecule has 0 aromatic rings. The van der Waals surface area contributed by atoms with Gasteiger partial charge in [-0.05, 0) is 31.6 Å². The highest BCUT2D eigenvalue weighted by molar-refractivity contribution is 4.53. The van der Waals surface area contributed by atoms with Crippen LogP contribution in [0.15, 0.2) is 0 Å². The van der Waals surface area contributed by atoms with Crippen LogP contribution in [-0.2, 0) is 9.47 Å². The molecule has 0 heterocycles. The Morgan fingerprint density at radius 1 is 0.810 bits per heavy atom. The molecule has 21 heavy (non-hydrogen) atoms. The predicted octanol–water partition coefficient (Wildman–Crippen LogP) is 1.95. The summed E-state index contributed by atoms with van der Waals surface area (Å²) in [5.74, 6) is 0.831. The van der Waals surface area contributed by atoms with Gasteiger partial charge in [0.1, 0.15) is 0 Å². The monoisotopic (exact) mass is 307 g/mol. The van der Waals surface area contributed by atoms with Gasteiger partial charge in [0.2, 0.25) is 0 Å². The second-order valence-electron chi connectivity index (χ2n) is 4.99. The number of aliphatic hydroxyl groups is 2. The van der Waals surface area contributed by atoms with E-state index in [1.54, 1.807) is 0 Å². The Morgan fingerprint density at radius 2 is 1.38 bits per heavy atom. The number of nitrogens with two attached hydrogens (primary N) is 1. The molecule has 5 nitrogen and oxygen atoms in total. The molecule has 130 valence electrons. The van der Waals surface area contributed by atoms with Crippen LogP contribution in [-0.4, -0.2) is 56.4 Å². The molecule has 0 aromatic carbocycles. The maximum Gasteiger partial charge on any atom is 0.0588 e. The van der Waals surface area contributed by atoms with Crippen LogP contribution in [0.5, 0.6) is 0 Å². The SMILES string of the molecule is CCC(CC)CCOCCCCO.NCCOCCCO. The molecule has 0 aliphatic rings. The molecule has 0 rings (SSSR count). The molecule has 0 aliphatic heterocycles. The molecular weight excluding hydrogens is 270 g/mol. The van der Waals surface area contributed by atoms with Gasteiger partial charge in [-0.2, -0.15) is 0 Å². The Kier molecular flexibility index (Phi) is 24.3. The summed E-state index contributed by atoms with van der Waals surface area (Å²) in [4.78, 5) is 0. The van der Waals surface area contributed by atoms with Crippen molar-refractivity contribution in [1.29, 1.82) is 0 Å². The normalized spacial score (nSPS) is 10.6. The molecule has 4 N–H and O–H groups in total. The highest BCUT2D eigenvalue weighted by Crippen LogP contribution is 2.11. The van der Waals surface area contributed by atoms with E-state index in [-0.39, 0.29) is 13.2 Å². The van der Waals surface area contributed by atoms with E-state index in [0.29, 0.717) is 26.2 Å². The van der Waals surface area contributed by atoms with Crippen molar-refractivity contribution < 1.29 is 19.7 Å². The predicted molar refractivity (Wildman–Crippen MR) is 87.4 cm³/mol. The van der Waals surface area contributed by atoms with Crippen LogP contribution < -0.4 is 5.73 Å². The van der Waals surface area contributed by atoms with E-state index in [4.69, 9.17) is 25.4 Å². The maximum absolute atomic E-state index is 8.53. The fourth-order valence-electron chi connectivity index (χ4n) is 1.72. The van der Waals surface area contributed by atoms with Gasteiger partial charge in [-0.1, -0.05) is 26.7 Å². The van der Waals surface area contributed by atoms with Crippen molar-refractivity contribution in [2.24, 2.45) is 11.7 Å². The van der Waals surface area contributed by atoms with Crippen molar-refractivity contribution in [1.82, 2.24) is 0 Å². The molecule has 0 aliphatic carbocycles. The molecule has 0 aromatic heterocycles. The van der Waals surface area contributed by atoms with Gasteiger partial charge < -0.3 is 25.4 Å². The zero-order valence-electron chi connectivity index (χ0n) is 14.1. The van der Waals surface area contributed by atoms with Crippen LogP contribution in [0.3, 0.4) is 0 Å². The van der Waals surface area contributed by atoms with E-state index in [1.165, 1.54) is 19.3 Å². The zero-order chi connectivity index (χ0) is 16.2. The van der Waals surface area contributed by atoms with Crippen LogP contribution in [0.1, 0.15) is 52.4 Å². The summed E-state index contributed by atoms with van der Waals surface area (Å²) >= 11 is 0. The number of ether oxygens (including phenoxy) is 2. The van der Waals surface area contributed by atoms with Gasteiger partial charge in [-0.15, -0.1) is 0 Å². The maximum atomic E-state index is 8.53. The first-order valence-corrected chi connectivity index (χ1v) is 8.33. The highest BCUT2D eigenvalue weighted by Gasteiger charge is 2.02. The first-order chi connectivity index (χ1) is 10.3. The van der Waals surface area contributed by atoms with E-state index in [2.05, 4.69) is 13.8 Å². The topological polar surface area (TPSA) is 84.9 Å². The summed E-state index contributed by atoms with van der Waals surface area (Å²) in [6.45, 7) is 8.43. The van der Waals surface area contributed by atoms with E-state index in [0.717, 1.165) is 32.0 Å². The molecule has 0 saturated heterocycles. The molecule has 5 heteroatoms. The Morgan fingerprint density at radius 3 is 1.90 bits per heavy atom. The molecule has 0 spiro atoms. The molecule has 0 fully saturated rings. The minimum absolute atomic E-state index is 0.199. The van der Waals surface area contributed by atoms with Gasteiger partial charge >= 0.3 is 0 Å². The standard InChI is InChI=1S/C11H24O2.C5H13NO2/c1-3-11(4-2)7-10-13-9-6-5-8-12;6-2-5-8-4-1-3-7/h11-12H,3-10H2,1-2H3;7H,1-6H2. The minimum Gasteiger partial charge on any atom is -0.396 e. The lowest BCUT2D eigenvalue weighted by atomic mass is 10.0. The lowest BCUT2D eigenvalue weighted by Gasteiger charge is -2.11. The van der Waals surface area contributed by atoms with Crippen molar-refractivity contribution >= 4 is 0 Å². The Bertz CT molecular complexity index is 160. The van der Waals surface area contributed by atoms with Gasteiger partial charge in [0.15, 0.2) is 0 Å². The zero-order valence-corrected chi connectivity index (χ0v) is 14.1. The summed E-state index contributed by atoms with van der Waals surface area (Å²) in [5, 5.41) is 16.8. The van der Waals surface area contributed by atoms with Crippen LogP contribution >= 0.6 is 0 Å². The fourth-order valence-corrected chi connectivity index (χ4v) is 1.72. The van der Waals surface area contributed by atoms with E-state index >= 15 is 0 Å². The average Bonchev–Trinajstić information content (AvgIpc) is 2.52. The Balaban J connectivity index is 0. The van der Waals surface area contributed by atoms with E-state index < -0.39 is 0 Å². The molecule has 0 amide bonds. The lowest BCUT2D eigenvalue weighted by molar-refractivity contribution is 0.111. The molecule has 0 bridgehead atoms. The van der Waals surface area contributed by atoms with Gasteiger partial charge in [0.05, 0.1) is 6.61 Å². The van der Waals surface area contributed by atoms with E-state index in [1.807, 2.05) is 0 Å². The summed E-state index contributed by atoms with van der Waals surface area (Å²) < 4.78 is 10.4. The third-order valence-corrected chi connectivity index (χ3v) is 3.23. The third-order valence-electron chi connectivity index (χ3n) is 3.23. The molecular formula is C16H37NO4. The third kappa shape index (κ3) is 22.2. The number of hydrogen-bond acceptors (Lipinski definition) is 5. The van der Waals surface area contributed by atoms with Gasteiger partial charge in [-0.3, -0.25) is 0 Å². The number of aliphatic hydroxyl groups excluding tert-OH is 2. The Hall–Kier alpha value is -0.200. The first-order valence-electron chi connectivity index (χ1n) is 8.33. The van der Waals surface area contributed by atoms with Crippen molar-refractivity contribution in [3.63, 3.8) is 0 Å². The molecule has 0 unspecified atom stereocenters. The second kappa shape index (κ2) is 22.1. The van der Waals surface area contributed by atoms with Crippen LogP contribution in [0.25, 0.3) is 0 Å².